The van der Waals surface area contributed by atoms with Crippen LogP contribution in [0.1, 0.15) is 34.6 Å². The summed E-state index contributed by atoms with van der Waals surface area (Å²) in [5, 5.41) is 2.91. The first-order valence-corrected chi connectivity index (χ1v) is 11.2. The number of ether oxygens (including phenoxy) is 2. The van der Waals surface area contributed by atoms with E-state index in [9.17, 15) is 13.2 Å². The fourth-order valence-corrected chi connectivity index (χ4v) is 4.13. The van der Waals surface area contributed by atoms with Gasteiger partial charge in [0.2, 0.25) is 10.0 Å². The number of rotatable bonds is 7. The molecule has 0 unspecified atom stereocenters. The first-order chi connectivity index (χ1) is 14.9. The molecule has 1 aromatic heterocycles. The van der Waals surface area contributed by atoms with E-state index in [1.807, 2.05) is 25.1 Å². The van der Waals surface area contributed by atoms with Crippen LogP contribution in [-0.2, 0) is 16.6 Å². The Morgan fingerprint density at radius 3 is 2.48 bits per heavy atom. The third kappa shape index (κ3) is 4.89. The van der Waals surface area contributed by atoms with Crippen LogP contribution >= 0.6 is 0 Å². The summed E-state index contributed by atoms with van der Waals surface area (Å²) in [6.45, 7) is 2.91. The molecule has 2 heterocycles. The molecule has 0 fully saturated rings. The summed E-state index contributed by atoms with van der Waals surface area (Å²) in [5.74, 6) is 1.54. The van der Waals surface area contributed by atoms with Crippen LogP contribution in [-0.4, -0.2) is 27.5 Å². The Labute approximate surface area is 180 Å². The van der Waals surface area contributed by atoms with Gasteiger partial charge in [-0.25, -0.2) is 13.1 Å². The predicted octanol–water partition coefficient (Wildman–Crippen LogP) is 3.02. The maximum absolute atomic E-state index is 12.6. The molecule has 1 atom stereocenters. The number of hydrogen-bond acceptors (Lipinski definition) is 6. The summed E-state index contributed by atoms with van der Waals surface area (Å²) in [5.41, 5.74) is 1.23. The molecule has 0 radical (unpaired) electrons. The van der Waals surface area contributed by atoms with Crippen molar-refractivity contribution in [3.63, 3.8) is 0 Å². The molecule has 31 heavy (non-hydrogen) atoms. The highest BCUT2D eigenvalue weighted by Gasteiger charge is 2.18. The van der Waals surface area contributed by atoms with Gasteiger partial charge in [0.1, 0.15) is 19.0 Å². The molecule has 1 aliphatic heterocycles. The summed E-state index contributed by atoms with van der Waals surface area (Å²) >= 11 is 0. The fraction of sp³-hybridized carbons (Fsp3) is 0.227. The minimum Gasteiger partial charge on any atom is -0.486 e. The number of fused-ring (bicyclic) bond motifs is 1. The number of hydrogen-bond donors (Lipinski definition) is 2. The van der Waals surface area contributed by atoms with Crippen LogP contribution in [0.5, 0.6) is 11.5 Å². The minimum atomic E-state index is -3.72. The minimum absolute atomic E-state index is 0.0462. The standard InChI is InChI=1S/C22H22N2O6S/c1-15(17-6-9-20-21(13-17)30-12-11-29-20)24-22(25)16-4-7-19(8-5-16)31(26,27)23-14-18-3-2-10-28-18/h2-10,13,15,23H,11-12,14H2,1H3,(H,24,25)/t15-/m1/s1. The zero-order valence-corrected chi connectivity index (χ0v) is 17.6. The van der Waals surface area contributed by atoms with Crippen molar-refractivity contribution in [3.8, 4) is 11.5 Å². The van der Waals surface area contributed by atoms with Crippen molar-refractivity contribution in [1.82, 2.24) is 10.0 Å². The molecular formula is C22H22N2O6S. The van der Waals surface area contributed by atoms with Crippen molar-refractivity contribution in [2.24, 2.45) is 0 Å². The molecule has 9 heteroatoms. The molecular weight excluding hydrogens is 420 g/mol. The molecule has 4 rings (SSSR count). The Hall–Kier alpha value is -3.30. The van der Waals surface area contributed by atoms with Gasteiger partial charge >= 0.3 is 0 Å². The van der Waals surface area contributed by atoms with Crippen molar-refractivity contribution in [2.45, 2.75) is 24.4 Å². The molecule has 1 aliphatic rings. The summed E-state index contributed by atoms with van der Waals surface area (Å²) in [4.78, 5) is 12.7. The van der Waals surface area contributed by atoms with E-state index in [-0.39, 0.29) is 23.4 Å². The van der Waals surface area contributed by atoms with E-state index in [1.165, 1.54) is 30.5 Å². The van der Waals surface area contributed by atoms with E-state index < -0.39 is 10.0 Å². The van der Waals surface area contributed by atoms with Crippen molar-refractivity contribution < 1.29 is 27.1 Å². The molecule has 0 saturated heterocycles. The van der Waals surface area contributed by atoms with Gasteiger partial charge < -0.3 is 19.2 Å². The zero-order valence-electron chi connectivity index (χ0n) is 16.8. The predicted molar refractivity (Wildman–Crippen MR) is 112 cm³/mol. The van der Waals surface area contributed by atoms with Gasteiger partial charge in [0.15, 0.2) is 11.5 Å². The zero-order chi connectivity index (χ0) is 21.8. The van der Waals surface area contributed by atoms with Gasteiger partial charge in [0, 0.05) is 5.56 Å². The van der Waals surface area contributed by atoms with Gasteiger partial charge in [-0.3, -0.25) is 4.79 Å². The van der Waals surface area contributed by atoms with Crippen molar-refractivity contribution in [2.75, 3.05) is 13.2 Å². The third-order valence-corrected chi connectivity index (χ3v) is 6.27. The summed E-state index contributed by atoms with van der Waals surface area (Å²) < 4.78 is 43.5. The first-order valence-electron chi connectivity index (χ1n) is 9.75. The molecule has 0 bridgehead atoms. The molecule has 162 valence electrons. The van der Waals surface area contributed by atoms with E-state index in [2.05, 4.69) is 10.0 Å². The molecule has 3 aromatic rings. The Morgan fingerprint density at radius 2 is 1.77 bits per heavy atom. The van der Waals surface area contributed by atoms with Crippen LogP contribution in [0.15, 0.2) is 70.2 Å². The lowest BCUT2D eigenvalue weighted by Crippen LogP contribution is -2.27. The van der Waals surface area contributed by atoms with Crippen LogP contribution in [0, 0.1) is 0 Å². The number of carbonyl (C=O) groups is 1. The van der Waals surface area contributed by atoms with Gasteiger partial charge in [-0.05, 0) is 61.0 Å². The summed E-state index contributed by atoms with van der Waals surface area (Å²) in [7, 11) is -3.72. The first kappa shape index (κ1) is 21.0. The fourth-order valence-electron chi connectivity index (χ4n) is 3.14. The second-order valence-electron chi connectivity index (χ2n) is 7.03. The maximum atomic E-state index is 12.6. The average molecular weight is 442 g/mol. The lowest BCUT2D eigenvalue weighted by molar-refractivity contribution is 0.0939. The third-order valence-electron chi connectivity index (χ3n) is 4.86. The molecule has 0 saturated carbocycles. The quantitative estimate of drug-likeness (QED) is 0.583. The molecule has 0 aliphatic carbocycles. The van der Waals surface area contributed by atoms with Crippen molar-refractivity contribution in [1.29, 1.82) is 0 Å². The topological polar surface area (TPSA) is 107 Å². The molecule has 0 spiro atoms. The van der Waals surface area contributed by atoms with Crippen molar-refractivity contribution >= 4 is 15.9 Å². The Morgan fingerprint density at radius 1 is 1.03 bits per heavy atom. The number of benzene rings is 2. The number of furan rings is 1. The lowest BCUT2D eigenvalue weighted by Gasteiger charge is -2.21. The van der Waals surface area contributed by atoms with Crippen molar-refractivity contribution in [3.05, 3.63) is 77.7 Å². The monoisotopic (exact) mass is 442 g/mol. The SMILES string of the molecule is C[C@@H](NC(=O)c1ccc(S(=O)(=O)NCc2ccco2)cc1)c1ccc2c(c1)OCCO2. The van der Waals surface area contributed by atoms with Gasteiger partial charge in [-0.15, -0.1) is 0 Å². The normalized spacial score (nSPS) is 14.1. The van der Waals surface area contributed by atoms with Crippen LogP contribution < -0.4 is 19.5 Å². The van der Waals surface area contributed by atoms with E-state index in [0.29, 0.717) is 36.0 Å². The number of amides is 1. The molecule has 2 aromatic carbocycles. The van der Waals surface area contributed by atoms with Gasteiger partial charge in [0.05, 0.1) is 23.7 Å². The Bertz CT molecular complexity index is 1160. The van der Waals surface area contributed by atoms with E-state index in [4.69, 9.17) is 13.9 Å². The van der Waals surface area contributed by atoms with Crippen LogP contribution in [0.2, 0.25) is 0 Å². The molecule has 8 nitrogen and oxygen atoms in total. The number of sulfonamides is 1. The summed E-state index contributed by atoms with van der Waals surface area (Å²) in [6.07, 6.45) is 1.48. The number of carbonyl (C=O) groups excluding carboxylic acids is 1. The smallest absolute Gasteiger partial charge is 0.251 e. The largest absolute Gasteiger partial charge is 0.486 e. The van der Waals surface area contributed by atoms with E-state index in [0.717, 1.165) is 5.56 Å². The van der Waals surface area contributed by atoms with Crippen LogP contribution in [0.4, 0.5) is 0 Å². The maximum Gasteiger partial charge on any atom is 0.251 e. The van der Waals surface area contributed by atoms with E-state index in [1.54, 1.807) is 12.1 Å². The van der Waals surface area contributed by atoms with Crippen LogP contribution in [0.3, 0.4) is 0 Å². The highest BCUT2D eigenvalue weighted by Crippen LogP contribution is 2.32. The average Bonchev–Trinajstić information content (AvgIpc) is 3.31. The lowest BCUT2D eigenvalue weighted by atomic mass is 10.1. The Balaban J connectivity index is 1.39. The number of nitrogens with one attached hydrogen (secondary N) is 2. The van der Waals surface area contributed by atoms with Crippen LogP contribution in [0.25, 0.3) is 0 Å². The molecule has 2 N–H and O–H groups in total. The van der Waals surface area contributed by atoms with Gasteiger partial charge in [-0.2, -0.15) is 0 Å². The van der Waals surface area contributed by atoms with Gasteiger partial charge in [-0.1, -0.05) is 6.07 Å². The Kier molecular flexibility index (Phi) is 5.97. The second kappa shape index (κ2) is 8.83. The van der Waals surface area contributed by atoms with E-state index >= 15 is 0 Å². The highest BCUT2D eigenvalue weighted by atomic mass is 32.2. The van der Waals surface area contributed by atoms with Gasteiger partial charge in [0.25, 0.3) is 5.91 Å². The molecule has 1 amide bonds. The summed E-state index contributed by atoms with van der Waals surface area (Å²) in [6, 6.07) is 14.4. The second-order valence-corrected chi connectivity index (χ2v) is 8.79. The highest BCUT2D eigenvalue weighted by molar-refractivity contribution is 7.89.